The van der Waals surface area contributed by atoms with Gasteiger partial charge >= 0.3 is 0 Å². The van der Waals surface area contributed by atoms with Crippen molar-refractivity contribution in [2.75, 3.05) is 18.5 Å². The molecule has 28 heavy (non-hydrogen) atoms. The fraction of sp³-hybridized carbons (Fsp3) is 0.238. The SMILES string of the molecule is Cc1ccc2c(c1)-c1c(cnn1CC(=O)Nc1ccc3c(c1)OCCO3)CO2. The Balaban J connectivity index is 1.38. The van der Waals surface area contributed by atoms with Gasteiger partial charge in [-0.15, -0.1) is 0 Å². The lowest BCUT2D eigenvalue weighted by Gasteiger charge is -2.20. The highest BCUT2D eigenvalue weighted by Gasteiger charge is 2.23. The molecule has 1 aromatic heterocycles. The van der Waals surface area contributed by atoms with Crippen molar-refractivity contribution in [2.45, 2.75) is 20.1 Å². The number of carbonyl (C=O) groups is 1. The average Bonchev–Trinajstić information content (AvgIpc) is 3.11. The first-order chi connectivity index (χ1) is 13.7. The fourth-order valence-corrected chi connectivity index (χ4v) is 3.53. The van der Waals surface area contributed by atoms with Crippen molar-refractivity contribution in [3.8, 4) is 28.5 Å². The lowest BCUT2D eigenvalue weighted by Crippen LogP contribution is -2.21. The van der Waals surface area contributed by atoms with Crippen LogP contribution in [0.5, 0.6) is 17.2 Å². The zero-order chi connectivity index (χ0) is 19.1. The first-order valence-electron chi connectivity index (χ1n) is 9.15. The van der Waals surface area contributed by atoms with Crippen LogP contribution in [-0.4, -0.2) is 28.9 Å². The van der Waals surface area contributed by atoms with Crippen LogP contribution in [0.2, 0.25) is 0 Å². The number of aryl methyl sites for hydroxylation is 1. The molecular weight excluding hydrogens is 358 g/mol. The number of ether oxygens (including phenoxy) is 3. The van der Waals surface area contributed by atoms with E-state index in [9.17, 15) is 4.79 Å². The summed E-state index contributed by atoms with van der Waals surface area (Å²) < 4.78 is 18.6. The zero-order valence-electron chi connectivity index (χ0n) is 15.4. The van der Waals surface area contributed by atoms with Crippen LogP contribution in [0.3, 0.4) is 0 Å². The smallest absolute Gasteiger partial charge is 0.246 e. The number of aromatic nitrogens is 2. The summed E-state index contributed by atoms with van der Waals surface area (Å²) in [6.07, 6.45) is 1.76. The molecule has 0 fully saturated rings. The quantitative estimate of drug-likeness (QED) is 0.759. The van der Waals surface area contributed by atoms with Gasteiger partial charge in [-0.1, -0.05) is 11.6 Å². The van der Waals surface area contributed by atoms with Crippen molar-refractivity contribution in [2.24, 2.45) is 0 Å². The van der Waals surface area contributed by atoms with Gasteiger partial charge in [0, 0.05) is 22.9 Å². The van der Waals surface area contributed by atoms with Gasteiger partial charge in [-0.3, -0.25) is 9.48 Å². The third-order valence-electron chi connectivity index (χ3n) is 4.81. The molecule has 7 heteroatoms. The van der Waals surface area contributed by atoms with Gasteiger partial charge in [0.25, 0.3) is 0 Å². The minimum absolute atomic E-state index is 0.108. The first kappa shape index (κ1) is 16.7. The monoisotopic (exact) mass is 377 g/mol. The van der Waals surface area contributed by atoms with E-state index in [1.54, 1.807) is 29.1 Å². The molecule has 3 heterocycles. The molecule has 1 amide bonds. The molecule has 0 unspecified atom stereocenters. The van der Waals surface area contributed by atoms with E-state index in [1.807, 2.05) is 19.1 Å². The van der Waals surface area contributed by atoms with Gasteiger partial charge in [-0.05, 0) is 31.2 Å². The van der Waals surface area contributed by atoms with Crippen LogP contribution >= 0.6 is 0 Å². The molecule has 0 aliphatic carbocycles. The Morgan fingerprint density at radius 3 is 2.79 bits per heavy atom. The number of hydrogen-bond acceptors (Lipinski definition) is 5. The second-order valence-corrected chi connectivity index (χ2v) is 6.87. The number of benzene rings is 2. The van der Waals surface area contributed by atoms with Crippen LogP contribution in [0.1, 0.15) is 11.1 Å². The minimum atomic E-state index is -0.164. The van der Waals surface area contributed by atoms with Crippen LogP contribution in [0.4, 0.5) is 5.69 Å². The van der Waals surface area contributed by atoms with E-state index in [2.05, 4.69) is 16.5 Å². The van der Waals surface area contributed by atoms with Crippen molar-refractivity contribution < 1.29 is 19.0 Å². The number of nitrogens with zero attached hydrogens (tertiary/aromatic N) is 2. The Bertz CT molecular complexity index is 1070. The van der Waals surface area contributed by atoms with Crippen molar-refractivity contribution >= 4 is 11.6 Å². The van der Waals surface area contributed by atoms with Crippen LogP contribution in [0, 0.1) is 6.92 Å². The predicted molar refractivity (Wildman–Crippen MR) is 103 cm³/mol. The maximum absolute atomic E-state index is 12.6. The number of carbonyl (C=O) groups excluding carboxylic acids is 1. The van der Waals surface area contributed by atoms with Crippen LogP contribution < -0.4 is 19.5 Å². The topological polar surface area (TPSA) is 74.6 Å². The molecule has 5 rings (SSSR count). The molecular formula is C21H19N3O4. The van der Waals surface area contributed by atoms with E-state index in [4.69, 9.17) is 14.2 Å². The van der Waals surface area contributed by atoms with Gasteiger partial charge in [-0.25, -0.2) is 0 Å². The Kier molecular flexibility index (Phi) is 3.93. The molecule has 142 valence electrons. The number of amides is 1. The highest BCUT2D eigenvalue weighted by atomic mass is 16.6. The second-order valence-electron chi connectivity index (χ2n) is 6.87. The summed E-state index contributed by atoms with van der Waals surface area (Å²) in [7, 11) is 0. The maximum Gasteiger partial charge on any atom is 0.246 e. The summed E-state index contributed by atoms with van der Waals surface area (Å²) in [6.45, 7) is 3.63. The van der Waals surface area contributed by atoms with Gasteiger partial charge in [-0.2, -0.15) is 5.10 Å². The van der Waals surface area contributed by atoms with Crippen molar-refractivity contribution in [3.05, 3.63) is 53.7 Å². The van der Waals surface area contributed by atoms with E-state index >= 15 is 0 Å². The van der Waals surface area contributed by atoms with Crippen LogP contribution in [0.15, 0.2) is 42.6 Å². The molecule has 7 nitrogen and oxygen atoms in total. The molecule has 0 saturated heterocycles. The third kappa shape index (κ3) is 2.94. The summed E-state index contributed by atoms with van der Waals surface area (Å²) in [6, 6.07) is 11.4. The molecule has 0 atom stereocenters. The van der Waals surface area contributed by atoms with E-state index in [1.165, 1.54) is 0 Å². The highest BCUT2D eigenvalue weighted by Crippen LogP contribution is 2.38. The van der Waals surface area contributed by atoms with Gasteiger partial charge in [0.2, 0.25) is 5.91 Å². The molecule has 2 aliphatic rings. The number of rotatable bonds is 3. The minimum Gasteiger partial charge on any atom is -0.488 e. The normalized spacial score (nSPS) is 13.9. The number of fused-ring (bicyclic) bond motifs is 4. The lowest BCUT2D eigenvalue weighted by molar-refractivity contribution is -0.116. The number of anilines is 1. The van der Waals surface area contributed by atoms with Gasteiger partial charge in [0.05, 0.1) is 11.9 Å². The Hall–Kier alpha value is -3.48. The molecule has 0 radical (unpaired) electrons. The summed E-state index contributed by atoms with van der Waals surface area (Å²) >= 11 is 0. The summed E-state index contributed by atoms with van der Waals surface area (Å²) in [5, 5.41) is 7.32. The standard InChI is InChI=1S/C21H19N3O4/c1-13-2-4-17-16(8-13)21-14(12-28-17)10-22-24(21)11-20(25)23-15-3-5-18-19(9-15)27-7-6-26-18/h2-5,8-10H,6-7,11-12H2,1H3,(H,23,25). The van der Waals surface area contributed by atoms with Gasteiger partial charge in [0.1, 0.15) is 32.1 Å². The molecule has 0 saturated carbocycles. The molecule has 2 aromatic carbocycles. The summed E-state index contributed by atoms with van der Waals surface area (Å²) in [4.78, 5) is 12.6. The largest absolute Gasteiger partial charge is 0.488 e. The summed E-state index contributed by atoms with van der Waals surface area (Å²) in [5.74, 6) is 1.98. The fourth-order valence-electron chi connectivity index (χ4n) is 3.53. The molecule has 0 spiro atoms. The highest BCUT2D eigenvalue weighted by molar-refractivity contribution is 5.91. The van der Waals surface area contributed by atoms with Crippen molar-refractivity contribution in [1.29, 1.82) is 0 Å². The lowest BCUT2D eigenvalue weighted by atomic mass is 10.0. The number of nitrogens with one attached hydrogen (secondary N) is 1. The van der Waals surface area contributed by atoms with Crippen molar-refractivity contribution in [3.63, 3.8) is 0 Å². The average molecular weight is 377 g/mol. The van der Waals surface area contributed by atoms with E-state index in [0.717, 1.165) is 28.1 Å². The third-order valence-corrected chi connectivity index (χ3v) is 4.81. The Morgan fingerprint density at radius 1 is 1.07 bits per heavy atom. The van der Waals surface area contributed by atoms with Crippen molar-refractivity contribution in [1.82, 2.24) is 9.78 Å². The Morgan fingerprint density at radius 2 is 1.89 bits per heavy atom. The summed E-state index contributed by atoms with van der Waals surface area (Å²) in [5.41, 5.74) is 4.66. The second kappa shape index (κ2) is 6.60. The Labute approximate surface area is 161 Å². The van der Waals surface area contributed by atoms with E-state index in [-0.39, 0.29) is 12.5 Å². The van der Waals surface area contributed by atoms with Gasteiger partial charge in [0.15, 0.2) is 11.5 Å². The van der Waals surface area contributed by atoms with E-state index in [0.29, 0.717) is 37.0 Å². The maximum atomic E-state index is 12.6. The van der Waals surface area contributed by atoms with Crippen LogP contribution in [0.25, 0.3) is 11.3 Å². The predicted octanol–water partition coefficient (Wildman–Crippen LogP) is 3.16. The number of hydrogen-bond donors (Lipinski definition) is 1. The molecule has 0 bridgehead atoms. The van der Waals surface area contributed by atoms with Crippen LogP contribution in [-0.2, 0) is 17.9 Å². The molecule has 2 aliphatic heterocycles. The first-order valence-corrected chi connectivity index (χ1v) is 9.15. The van der Waals surface area contributed by atoms with E-state index < -0.39 is 0 Å². The van der Waals surface area contributed by atoms with Gasteiger partial charge < -0.3 is 19.5 Å². The molecule has 3 aromatic rings. The molecule has 1 N–H and O–H groups in total. The zero-order valence-corrected chi connectivity index (χ0v) is 15.4.